The summed E-state index contributed by atoms with van der Waals surface area (Å²) in [5.74, 6) is 0.946. The van der Waals surface area contributed by atoms with E-state index in [1.54, 1.807) is 6.92 Å². The van der Waals surface area contributed by atoms with Crippen LogP contribution in [0.5, 0.6) is 0 Å². The number of carbonyl (C=O) groups is 1. The Bertz CT molecular complexity index is 821. The molecular formula is C16H19N5O2. The monoisotopic (exact) mass is 313 g/mol. The second kappa shape index (κ2) is 6.51. The molecule has 3 rings (SSSR count). The maximum Gasteiger partial charge on any atom is 0.315 e. The lowest BCUT2D eigenvalue weighted by atomic mass is 10.1. The molecule has 23 heavy (non-hydrogen) atoms. The summed E-state index contributed by atoms with van der Waals surface area (Å²) >= 11 is 0. The molecule has 0 bridgehead atoms. The molecule has 0 aliphatic heterocycles. The third-order valence-corrected chi connectivity index (χ3v) is 3.57. The van der Waals surface area contributed by atoms with Crippen LogP contribution in [-0.4, -0.2) is 27.7 Å². The number of carbonyl (C=O) groups excluding carboxylic acids is 1. The molecule has 0 atom stereocenters. The highest BCUT2D eigenvalue weighted by Gasteiger charge is 2.07. The van der Waals surface area contributed by atoms with E-state index in [9.17, 15) is 4.79 Å². The Morgan fingerprint density at radius 2 is 2.17 bits per heavy atom. The highest BCUT2D eigenvalue weighted by Crippen LogP contribution is 2.19. The zero-order chi connectivity index (χ0) is 16.2. The Morgan fingerprint density at radius 3 is 2.96 bits per heavy atom. The van der Waals surface area contributed by atoms with Crippen LogP contribution in [0, 0.1) is 13.8 Å². The molecule has 120 valence electrons. The largest absolute Gasteiger partial charge is 0.361 e. The number of H-pyrrole nitrogens is 1. The van der Waals surface area contributed by atoms with Crippen LogP contribution in [0.15, 0.2) is 28.9 Å². The van der Waals surface area contributed by atoms with E-state index in [2.05, 4.69) is 50.9 Å². The van der Waals surface area contributed by atoms with Crippen LogP contribution < -0.4 is 10.6 Å². The molecule has 3 aromatic rings. The number of urea groups is 1. The predicted octanol–water partition coefficient (Wildman–Crippen LogP) is 2.21. The maximum absolute atomic E-state index is 11.7. The summed E-state index contributed by atoms with van der Waals surface area (Å²) in [5.41, 5.74) is 3.53. The van der Waals surface area contributed by atoms with E-state index in [4.69, 9.17) is 4.52 Å². The van der Waals surface area contributed by atoms with Gasteiger partial charge in [-0.2, -0.15) is 4.98 Å². The zero-order valence-corrected chi connectivity index (χ0v) is 13.1. The van der Waals surface area contributed by atoms with Gasteiger partial charge < -0.3 is 20.1 Å². The van der Waals surface area contributed by atoms with Gasteiger partial charge in [0.05, 0.1) is 6.54 Å². The molecule has 2 aromatic heterocycles. The summed E-state index contributed by atoms with van der Waals surface area (Å²) in [6.45, 7) is 4.57. The average Bonchev–Trinajstić information content (AvgIpc) is 3.11. The number of hydrogen-bond acceptors (Lipinski definition) is 4. The Hall–Kier alpha value is -2.83. The number of aromatic amines is 1. The van der Waals surface area contributed by atoms with Crippen molar-refractivity contribution < 1.29 is 9.32 Å². The maximum atomic E-state index is 11.7. The first-order chi connectivity index (χ1) is 11.1. The van der Waals surface area contributed by atoms with E-state index in [-0.39, 0.29) is 12.6 Å². The predicted molar refractivity (Wildman–Crippen MR) is 86.0 cm³/mol. The molecule has 3 N–H and O–H groups in total. The minimum absolute atomic E-state index is 0.221. The molecule has 0 saturated carbocycles. The molecule has 0 unspecified atom stereocenters. The van der Waals surface area contributed by atoms with E-state index >= 15 is 0 Å². The highest BCUT2D eigenvalue weighted by atomic mass is 16.5. The summed E-state index contributed by atoms with van der Waals surface area (Å²) in [6, 6.07) is 6.06. The number of benzene rings is 1. The van der Waals surface area contributed by atoms with Crippen LogP contribution >= 0.6 is 0 Å². The molecule has 0 fully saturated rings. The third kappa shape index (κ3) is 3.68. The summed E-state index contributed by atoms with van der Waals surface area (Å²) in [7, 11) is 0. The van der Waals surface area contributed by atoms with Crippen LogP contribution in [0.25, 0.3) is 10.9 Å². The number of fused-ring (bicyclic) bond motifs is 1. The van der Waals surface area contributed by atoms with Crippen molar-refractivity contribution in [2.45, 2.75) is 26.8 Å². The van der Waals surface area contributed by atoms with E-state index in [0.717, 1.165) is 11.9 Å². The zero-order valence-electron chi connectivity index (χ0n) is 13.1. The number of aromatic nitrogens is 3. The molecule has 1 aromatic carbocycles. The molecule has 0 spiro atoms. The van der Waals surface area contributed by atoms with Crippen LogP contribution in [-0.2, 0) is 13.0 Å². The van der Waals surface area contributed by atoms with Crippen molar-refractivity contribution in [3.8, 4) is 0 Å². The Balaban J connectivity index is 1.47. The van der Waals surface area contributed by atoms with Gasteiger partial charge in [0.25, 0.3) is 0 Å². The molecule has 7 heteroatoms. The van der Waals surface area contributed by atoms with Crippen LogP contribution in [0.2, 0.25) is 0 Å². The second-order valence-corrected chi connectivity index (χ2v) is 5.46. The van der Waals surface area contributed by atoms with Crippen molar-refractivity contribution in [1.82, 2.24) is 25.8 Å². The van der Waals surface area contributed by atoms with Crippen LogP contribution in [0.4, 0.5) is 4.79 Å². The lowest BCUT2D eigenvalue weighted by Gasteiger charge is -2.05. The number of rotatable bonds is 5. The average molecular weight is 313 g/mol. The van der Waals surface area contributed by atoms with E-state index in [1.165, 1.54) is 16.5 Å². The van der Waals surface area contributed by atoms with Gasteiger partial charge in [-0.15, -0.1) is 0 Å². The lowest BCUT2D eigenvalue weighted by Crippen LogP contribution is -2.36. The van der Waals surface area contributed by atoms with Crippen molar-refractivity contribution in [2.24, 2.45) is 0 Å². The Labute approximate surface area is 133 Å². The first-order valence-corrected chi connectivity index (χ1v) is 7.49. The molecular weight excluding hydrogens is 294 g/mol. The molecule has 0 aliphatic rings. The van der Waals surface area contributed by atoms with E-state index < -0.39 is 0 Å². The van der Waals surface area contributed by atoms with Gasteiger partial charge in [-0.25, -0.2) is 4.79 Å². The molecule has 0 aliphatic carbocycles. The first kappa shape index (κ1) is 15.1. The fourth-order valence-electron chi connectivity index (χ4n) is 2.45. The normalized spacial score (nSPS) is 10.9. The number of nitrogens with one attached hydrogen (secondary N) is 3. The standard InChI is InChI=1S/C16H19N5O2/c1-10-3-4-13-12(8-18-14(13)7-10)5-6-17-16(22)19-9-15-20-11(2)21-23-15/h3-4,7-8,18H,5-6,9H2,1-2H3,(H2,17,19,22). The van der Waals surface area contributed by atoms with Gasteiger partial charge in [0, 0.05) is 23.6 Å². The van der Waals surface area contributed by atoms with Crippen LogP contribution in [0.3, 0.4) is 0 Å². The lowest BCUT2D eigenvalue weighted by molar-refractivity contribution is 0.238. The Morgan fingerprint density at radius 1 is 1.30 bits per heavy atom. The number of hydrogen-bond donors (Lipinski definition) is 3. The summed E-state index contributed by atoms with van der Waals surface area (Å²) < 4.78 is 4.93. The van der Waals surface area contributed by atoms with Crippen LogP contribution in [0.1, 0.15) is 22.8 Å². The Kier molecular flexibility index (Phi) is 4.27. The van der Waals surface area contributed by atoms with Gasteiger partial charge in [0.2, 0.25) is 5.89 Å². The molecule has 2 heterocycles. The molecule has 7 nitrogen and oxygen atoms in total. The van der Waals surface area contributed by atoms with Crippen molar-refractivity contribution in [3.63, 3.8) is 0 Å². The van der Waals surface area contributed by atoms with Gasteiger partial charge in [0.15, 0.2) is 5.82 Å². The van der Waals surface area contributed by atoms with E-state index in [0.29, 0.717) is 18.3 Å². The summed E-state index contributed by atoms with van der Waals surface area (Å²) in [6.07, 6.45) is 2.75. The topological polar surface area (TPSA) is 95.8 Å². The third-order valence-electron chi connectivity index (χ3n) is 3.57. The van der Waals surface area contributed by atoms with Crippen molar-refractivity contribution in [2.75, 3.05) is 6.54 Å². The van der Waals surface area contributed by atoms with Gasteiger partial charge in [-0.05, 0) is 37.5 Å². The second-order valence-electron chi connectivity index (χ2n) is 5.46. The van der Waals surface area contributed by atoms with Gasteiger partial charge in [-0.3, -0.25) is 0 Å². The quantitative estimate of drug-likeness (QED) is 0.673. The minimum atomic E-state index is -0.253. The molecule has 2 amide bonds. The molecule has 0 radical (unpaired) electrons. The summed E-state index contributed by atoms with van der Waals surface area (Å²) in [4.78, 5) is 19.0. The first-order valence-electron chi connectivity index (χ1n) is 7.49. The van der Waals surface area contributed by atoms with E-state index in [1.807, 2.05) is 6.20 Å². The van der Waals surface area contributed by atoms with Crippen molar-refractivity contribution >= 4 is 16.9 Å². The van der Waals surface area contributed by atoms with Crippen molar-refractivity contribution in [1.29, 1.82) is 0 Å². The smallest absolute Gasteiger partial charge is 0.315 e. The van der Waals surface area contributed by atoms with Gasteiger partial charge >= 0.3 is 6.03 Å². The van der Waals surface area contributed by atoms with Gasteiger partial charge in [0.1, 0.15) is 0 Å². The van der Waals surface area contributed by atoms with Crippen molar-refractivity contribution in [3.05, 3.63) is 47.2 Å². The fraction of sp³-hybridized carbons (Fsp3) is 0.312. The summed E-state index contributed by atoms with van der Waals surface area (Å²) in [5, 5.41) is 10.4. The number of nitrogens with zero attached hydrogens (tertiary/aromatic N) is 2. The minimum Gasteiger partial charge on any atom is -0.361 e. The molecule has 0 saturated heterocycles. The fourth-order valence-corrected chi connectivity index (χ4v) is 2.45. The number of amides is 2. The number of aryl methyl sites for hydroxylation is 2. The van der Waals surface area contributed by atoms with Gasteiger partial charge in [-0.1, -0.05) is 17.3 Å². The highest BCUT2D eigenvalue weighted by molar-refractivity contribution is 5.83. The SMILES string of the molecule is Cc1ccc2c(CCNC(=O)NCc3nc(C)no3)c[nH]c2c1.